The molecule has 2 aliphatic rings. The number of alkyl halides is 3. The lowest BCUT2D eigenvalue weighted by Gasteiger charge is -2.58. The molecule has 2 aliphatic heterocycles. The molecule has 1 N–H and O–H groups in total. The van der Waals surface area contributed by atoms with Crippen LogP contribution in [-0.4, -0.2) is 47.1 Å². The summed E-state index contributed by atoms with van der Waals surface area (Å²) in [5.41, 5.74) is -9.73. The molecule has 0 amide bonds. The molecule has 3 atom stereocenters. The number of carbonyl (C=O) groups is 1. The van der Waals surface area contributed by atoms with Crippen LogP contribution in [0, 0.1) is 10.8 Å². The number of hydrogen-bond acceptors (Lipinski definition) is 5. The van der Waals surface area contributed by atoms with Crippen molar-refractivity contribution in [3.63, 3.8) is 0 Å². The summed E-state index contributed by atoms with van der Waals surface area (Å²) < 4.78 is 68.2. The number of carbonyl (C=O) groups excluding carboxylic acids is 1. The minimum atomic E-state index is -5.77. The molecule has 10 heteroatoms. The molecule has 6 nitrogen and oxygen atoms in total. The van der Waals surface area contributed by atoms with E-state index in [-0.39, 0.29) is 4.31 Å². The highest BCUT2D eigenvalue weighted by Gasteiger charge is 2.68. The van der Waals surface area contributed by atoms with E-state index in [1.807, 2.05) is 0 Å². The molecule has 0 radical (unpaired) electrons. The van der Waals surface area contributed by atoms with Gasteiger partial charge in [-0.15, -0.1) is 0 Å². The van der Waals surface area contributed by atoms with E-state index in [0.29, 0.717) is 0 Å². The van der Waals surface area contributed by atoms with Crippen molar-refractivity contribution in [2.45, 2.75) is 57.9 Å². The maximum absolute atomic E-state index is 13.0. The largest absolute Gasteiger partial charge is 0.516 e. The molecule has 0 unspecified atom stereocenters. The van der Waals surface area contributed by atoms with E-state index in [1.165, 1.54) is 13.8 Å². The van der Waals surface area contributed by atoms with Crippen molar-refractivity contribution in [3.05, 3.63) is 12.3 Å². The fourth-order valence-electron chi connectivity index (χ4n) is 3.16. The molecular weight excluding hydrogens is 351 g/mol. The van der Waals surface area contributed by atoms with Crippen LogP contribution in [0.25, 0.3) is 0 Å². The van der Waals surface area contributed by atoms with Gasteiger partial charge in [0.1, 0.15) is 6.10 Å². The normalized spacial score (nSPS) is 33.4. The Labute approximate surface area is 138 Å². The molecule has 1 saturated heterocycles. The Morgan fingerprint density at radius 2 is 1.75 bits per heavy atom. The number of sulfonamides is 1. The summed E-state index contributed by atoms with van der Waals surface area (Å²) in [5, 5.41) is 10.7. The molecule has 2 bridgehead atoms. The first kappa shape index (κ1) is 19.0. The van der Waals surface area contributed by atoms with E-state index in [0.717, 1.165) is 12.3 Å². The van der Waals surface area contributed by atoms with Gasteiger partial charge in [-0.25, -0.2) is 0 Å². The number of nitrogens with zero attached hydrogens (tertiary/aromatic N) is 1. The maximum Gasteiger partial charge on any atom is 0.516 e. The summed E-state index contributed by atoms with van der Waals surface area (Å²) >= 11 is 0. The van der Waals surface area contributed by atoms with Gasteiger partial charge in [0.15, 0.2) is 5.60 Å². The lowest BCUT2D eigenvalue weighted by Crippen LogP contribution is -2.73. The number of rotatable bonds is 1. The smallest absolute Gasteiger partial charge is 0.451 e. The predicted molar refractivity (Wildman–Crippen MR) is 77.8 cm³/mol. The predicted octanol–water partition coefficient (Wildman–Crippen LogP) is 1.76. The zero-order valence-electron chi connectivity index (χ0n) is 13.9. The van der Waals surface area contributed by atoms with Gasteiger partial charge in [-0.3, -0.25) is 9.10 Å². The molecule has 0 saturated carbocycles. The fraction of sp³-hybridized carbons (Fsp3) is 0.786. The van der Waals surface area contributed by atoms with Gasteiger partial charge in [0, 0.05) is 11.6 Å². The standard InChI is InChI=1S/C14H20F3NO5S/c1-11(2,3)13-6-7-18(24(21,22)14(15,16)17)8(9(13)19)12(4,5)10(20)23-13/h6-9,19H,1-5H3/t8-,9+,13+/m1/s1. The quantitative estimate of drug-likeness (QED) is 0.710. The molecule has 0 aromatic rings. The highest BCUT2D eigenvalue weighted by molar-refractivity contribution is 7.90. The van der Waals surface area contributed by atoms with E-state index in [1.54, 1.807) is 20.8 Å². The first-order valence-corrected chi connectivity index (χ1v) is 8.65. The second-order valence-corrected chi connectivity index (χ2v) is 9.48. The van der Waals surface area contributed by atoms with Gasteiger partial charge in [-0.05, 0) is 19.9 Å². The molecule has 138 valence electrons. The number of fused-ring (bicyclic) bond motifs is 2. The van der Waals surface area contributed by atoms with Crippen LogP contribution in [0.4, 0.5) is 13.2 Å². The third-order valence-corrected chi connectivity index (χ3v) is 6.24. The van der Waals surface area contributed by atoms with E-state index < -0.39 is 50.1 Å². The Kier molecular flexibility index (Phi) is 3.87. The molecule has 0 aromatic carbocycles. The Hall–Kier alpha value is -1.29. The van der Waals surface area contributed by atoms with E-state index in [9.17, 15) is 31.5 Å². The van der Waals surface area contributed by atoms with Gasteiger partial charge in [0.2, 0.25) is 0 Å². The summed E-state index contributed by atoms with van der Waals surface area (Å²) in [5.74, 6) is -0.876. The van der Waals surface area contributed by atoms with Crippen LogP contribution >= 0.6 is 0 Å². The van der Waals surface area contributed by atoms with E-state index >= 15 is 0 Å². The van der Waals surface area contributed by atoms with Crippen molar-refractivity contribution in [3.8, 4) is 0 Å². The fourth-order valence-corrected chi connectivity index (χ4v) is 4.30. The Balaban J connectivity index is 2.74. The van der Waals surface area contributed by atoms with Crippen molar-refractivity contribution in [1.29, 1.82) is 0 Å². The molecule has 0 aromatic heterocycles. The van der Waals surface area contributed by atoms with Crippen molar-refractivity contribution in [2.75, 3.05) is 0 Å². The van der Waals surface area contributed by atoms with E-state index in [4.69, 9.17) is 4.74 Å². The second-order valence-electron chi connectivity index (χ2n) is 7.64. The van der Waals surface area contributed by atoms with Gasteiger partial charge in [-0.1, -0.05) is 20.8 Å². The molecule has 0 spiro atoms. The monoisotopic (exact) mass is 371 g/mol. The highest BCUT2D eigenvalue weighted by Crippen LogP contribution is 2.52. The van der Waals surface area contributed by atoms with Crippen molar-refractivity contribution in [2.24, 2.45) is 10.8 Å². The van der Waals surface area contributed by atoms with Crippen molar-refractivity contribution < 1.29 is 36.2 Å². The summed E-state index contributed by atoms with van der Waals surface area (Å²) in [4.78, 5) is 12.4. The Morgan fingerprint density at radius 3 is 2.17 bits per heavy atom. The van der Waals surface area contributed by atoms with Gasteiger partial charge in [0.25, 0.3) is 0 Å². The Bertz CT molecular complexity index is 692. The van der Waals surface area contributed by atoms with Crippen LogP contribution in [0.2, 0.25) is 0 Å². The second kappa shape index (κ2) is 4.87. The number of aliphatic hydroxyl groups is 1. The average molecular weight is 371 g/mol. The van der Waals surface area contributed by atoms with Crippen LogP contribution in [0.5, 0.6) is 0 Å². The summed E-state index contributed by atoms with van der Waals surface area (Å²) in [6.45, 7) is 7.40. The topological polar surface area (TPSA) is 83.9 Å². The third kappa shape index (κ3) is 2.26. The third-order valence-electron chi connectivity index (χ3n) is 4.75. The molecule has 1 fully saturated rings. The number of esters is 1. The molecule has 0 aliphatic carbocycles. The van der Waals surface area contributed by atoms with Crippen molar-refractivity contribution in [1.82, 2.24) is 4.31 Å². The zero-order chi connectivity index (χ0) is 18.9. The summed E-state index contributed by atoms with van der Waals surface area (Å²) in [6, 6.07) is -1.64. The van der Waals surface area contributed by atoms with Crippen LogP contribution in [0.3, 0.4) is 0 Å². The van der Waals surface area contributed by atoms with Crippen LogP contribution in [0.15, 0.2) is 12.3 Å². The van der Waals surface area contributed by atoms with Crippen LogP contribution < -0.4 is 0 Å². The number of aliphatic hydroxyl groups excluding tert-OH is 1. The number of ether oxygens (including phenoxy) is 1. The van der Waals surface area contributed by atoms with E-state index in [2.05, 4.69) is 0 Å². The minimum absolute atomic E-state index is 0.0298. The zero-order valence-corrected chi connectivity index (χ0v) is 14.7. The van der Waals surface area contributed by atoms with Gasteiger partial charge in [-0.2, -0.15) is 21.6 Å². The van der Waals surface area contributed by atoms with Crippen molar-refractivity contribution >= 4 is 16.0 Å². The molecule has 24 heavy (non-hydrogen) atoms. The Morgan fingerprint density at radius 1 is 1.25 bits per heavy atom. The lowest BCUT2D eigenvalue weighted by molar-refractivity contribution is -0.231. The molecule has 2 heterocycles. The highest BCUT2D eigenvalue weighted by atomic mass is 32.2. The first-order chi connectivity index (χ1) is 10.5. The van der Waals surface area contributed by atoms with Gasteiger partial charge < -0.3 is 9.84 Å². The van der Waals surface area contributed by atoms with Gasteiger partial charge >= 0.3 is 21.5 Å². The summed E-state index contributed by atoms with van der Waals surface area (Å²) in [6.07, 6.45) is 0.0943. The first-order valence-electron chi connectivity index (χ1n) is 7.21. The SMILES string of the molecule is CC1(C)C(=O)O[C@@]2(C(C)(C)C)C=CN(S(=O)(=O)C(F)(F)F)[C@@H]1[C@@H]2O. The van der Waals surface area contributed by atoms with Gasteiger partial charge in [0.05, 0.1) is 11.5 Å². The number of hydrogen-bond donors (Lipinski definition) is 1. The summed E-state index contributed by atoms with van der Waals surface area (Å²) in [7, 11) is -5.77. The number of halogens is 3. The minimum Gasteiger partial charge on any atom is -0.451 e. The lowest BCUT2D eigenvalue weighted by atomic mass is 9.63. The molecule has 2 rings (SSSR count). The molecular formula is C14H20F3NO5S. The van der Waals surface area contributed by atoms with Crippen LogP contribution in [-0.2, 0) is 19.6 Å². The maximum atomic E-state index is 13.0. The average Bonchev–Trinajstić information content (AvgIpc) is 2.35. The van der Waals surface area contributed by atoms with Crippen LogP contribution in [0.1, 0.15) is 34.6 Å².